The fourth-order valence-corrected chi connectivity index (χ4v) is 2.20. The van der Waals surface area contributed by atoms with Gasteiger partial charge in [0.15, 0.2) is 0 Å². The van der Waals surface area contributed by atoms with Crippen LogP contribution in [0.2, 0.25) is 5.02 Å². The lowest BCUT2D eigenvalue weighted by atomic mass is 10.1. The third-order valence-electron chi connectivity index (χ3n) is 2.41. The van der Waals surface area contributed by atoms with Crippen LogP contribution in [0.15, 0.2) is 18.2 Å². The van der Waals surface area contributed by atoms with Crippen LogP contribution in [0.1, 0.15) is 24.2 Å². The van der Waals surface area contributed by atoms with E-state index in [1.807, 2.05) is 22.6 Å². The maximum absolute atomic E-state index is 12.6. The molecule has 0 aliphatic rings. The second-order valence-electron chi connectivity index (χ2n) is 4.82. The van der Waals surface area contributed by atoms with Crippen molar-refractivity contribution >= 4 is 40.1 Å². The molecule has 1 rings (SSSR count). The number of halogens is 5. The highest BCUT2D eigenvalue weighted by Crippen LogP contribution is 2.23. The lowest BCUT2D eigenvalue weighted by molar-refractivity contribution is -0.141. The second-order valence-corrected chi connectivity index (χ2v) is 6.39. The van der Waals surface area contributed by atoms with E-state index in [4.69, 9.17) is 11.6 Å². The molecular weight excluding hydrogens is 406 g/mol. The molecule has 0 fully saturated rings. The molecule has 0 unspecified atom stereocenters. The maximum atomic E-state index is 12.6. The van der Waals surface area contributed by atoms with Gasteiger partial charge in [-0.3, -0.25) is 4.79 Å². The Hall–Kier alpha value is -0.500. The number of carbonyl (C=O) groups is 1. The molecule has 0 aliphatic carbocycles. The van der Waals surface area contributed by atoms with Gasteiger partial charge in [0.25, 0.3) is 5.91 Å². The molecule has 1 aromatic carbocycles. The van der Waals surface area contributed by atoms with Gasteiger partial charge in [-0.1, -0.05) is 25.4 Å². The van der Waals surface area contributed by atoms with Crippen LogP contribution in [0.25, 0.3) is 0 Å². The van der Waals surface area contributed by atoms with E-state index in [2.05, 4.69) is 0 Å². The molecule has 20 heavy (non-hydrogen) atoms. The molecule has 1 aromatic rings. The minimum absolute atomic E-state index is 0.0436. The first-order valence-corrected chi connectivity index (χ1v) is 7.37. The lowest BCUT2D eigenvalue weighted by Gasteiger charge is -2.25. The molecule has 0 saturated heterocycles. The Morgan fingerprint density at radius 1 is 1.40 bits per heavy atom. The molecule has 1 amide bonds. The van der Waals surface area contributed by atoms with Crippen molar-refractivity contribution < 1.29 is 18.0 Å². The van der Waals surface area contributed by atoms with Gasteiger partial charge in [-0.15, -0.1) is 0 Å². The fourth-order valence-electron chi connectivity index (χ4n) is 1.69. The third-order valence-corrected chi connectivity index (χ3v) is 3.98. The number of nitrogens with zero attached hydrogens (tertiary/aromatic N) is 1. The summed E-state index contributed by atoms with van der Waals surface area (Å²) in [4.78, 5) is 13.0. The average Bonchev–Trinajstić information content (AvgIpc) is 2.28. The van der Waals surface area contributed by atoms with Gasteiger partial charge in [-0.05, 0) is 46.7 Å². The molecule has 0 radical (unpaired) electrons. The summed E-state index contributed by atoms with van der Waals surface area (Å²) in [5.74, 6) is -0.713. The van der Waals surface area contributed by atoms with E-state index in [0.717, 1.165) is 8.47 Å². The molecule has 112 valence electrons. The van der Waals surface area contributed by atoms with Gasteiger partial charge in [-0.2, -0.15) is 13.2 Å². The molecule has 0 atom stereocenters. The lowest BCUT2D eigenvalue weighted by Crippen LogP contribution is -2.41. The number of carbonyl (C=O) groups excluding carboxylic acids is 1. The van der Waals surface area contributed by atoms with Crippen LogP contribution in [-0.4, -0.2) is 30.1 Å². The predicted octanol–water partition coefficient (Wildman–Crippen LogP) is 4.61. The van der Waals surface area contributed by atoms with E-state index in [1.165, 1.54) is 12.1 Å². The van der Waals surface area contributed by atoms with E-state index in [0.29, 0.717) is 5.02 Å². The van der Waals surface area contributed by atoms with E-state index < -0.39 is 18.6 Å². The second kappa shape index (κ2) is 6.98. The standard InChI is InChI=1S/C13H14ClF3INO/c1-8(2)6-19(7-13(15,16)17)12(20)9-3-4-11(18)10(14)5-9/h3-5,8H,6-7H2,1-2H3. The number of hydrogen-bond donors (Lipinski definition) is 0. The Labute approximate surface area is 134 Å². The topological polar surface area (TPSA) is 20.3 Å². The van der Waals surface area contributed by atoms with E-state index in [-0.39, 0.29) is 18.0 Å². The minimum Gasteiger partial charge on any atom is -0.329 e. The first-order valence-electron chi connectivity index (χ1n) is 5.91. The number of hydrogen-bond acceptors (Lipinski definition) is 1. The van der Waals surface area contributed by atoms with E-state index in [9.17, 15) is 18.0 Å². The van der Waals surface area contributed by atoms with Crippen molar-refractivity contribution in [3.63, 3.8) is 0 Å². The summed E-state index contributed by atoms with van der Waals surface area (Å²) in [5, 5.41) is 0.355. The van der Waals surface area contributed by atoms with Crippen LogP contribution < -0.4 is 0 Å². The normalized spacial score (nSPS) is 11.8. The zero-order valence-electron chi connectivity index (χ0n) is 11.0. The predicted molar refractivity (Wildman–Crippen MR) is 81.0 cm³/mol. The molecule has 2 nitrogen and oxygen atoms in total. The molecule has 0 aromatic heterocycles. The largest absolute Gasteiger partial charge is 0.406 e. The maximum Gasteiger partial charge on any atom is 0.406 e. The van der Waals surface area contributed by atoms with Gasteiger partial charge in [0.1, 0.15) is 6.54 Å². The van der Waals surface area contributed by atoms with Gasteiger partial charge in [0.05, 0.1) is 5.02 Å². The summed E-state index contributed by atoms with van der Waals surface area (Å²) in [7, 11) is 0. The number of rotatable bonds is 4. The molecule has 0 saturated carbocycles. The van der Waals surface area contributed by atoms with E-state index >= 15 is 0 Å². The molecule has 0 spiro atoms. The van der Waals surface area contributed by atoms with Crippen molar-refractivity contribution in [3.8, 4) is 0 Å². The summed E-state index contributed by atoms with van der Waals surface area (Å²) in [6, 6.07) is 4.49. The number of alkyl halides is 3. The van der Waals surface area contributed by atoms with Crippen LogP contribution in [-0.2, 0) is 0 Å². The molecule has 7 heteroatoms. The minimum atomic E-state index is -4.42. The monoisotopic (exact) mass is 419 g/mol. The molecular formula is C13H14ClF3INO. The summed E-state index contributed by atoms with van der Waals surface area (Å²) in [6.45, 7) is 2.31. The highest BCUT2D eigenvalue weighted by molar-refractivity contribution is 14.1. The van der Waals surface area contributed by atoms with Crippen LogP contribution in [0.4, 0.5) is 13.2 Å². The smallest absolute Gasteiger partial charge is 0.329 e. The first kappa shape index (κ1) is 17.6. The summed E-state index contributed by atoms with van der Waals surface area (Å²) in [6.07, 6.45) is -4.42. The van der Waals surface area contributed by atoms with Gasteiger partial charge < -0.3 is 4.90 Å². The molecule has 0 heterocycles. The third kappa shape index (κ3) is 5.47. The summed E-state index contributed by atoms with van der Waals surface area (Å²) >= 11 is 7.89. The zero-order valence-corrected chi connectivity index (χ0v) is 13.9. The van der Waals surface area contributed by atoms with Gasteiger partial charge in [-0.25, -0.2) is 0 Å². The quantitative estimate of drug-likeness (QED) is 0.653. The van der Waals surface area contributed by atoms with Crippen LogP contribution in [0, 0.1) is 9.49 Å². The molecule has 0 bridgehead atoms. The van der Waals surface area contributed by atoms with Crippen molar-refractivity contribution in [3.05, 3.63) is 32.4 Å². The number of amides is 1. The molecule has 0 aliphatic heterocycles. The van der Waals surface area contributed by atoms with Crippen LogP contribution in [0.5, 0.6) is 0 Å². The van der Waals surface area contributed by atoms with Gasteiger partial charge in [0.2, 0.25) is 0 Å². The highest BCUT2D eigenvalue weighted by Gasteiger charge is 2.33. The highest BCUT2D eigenvalue weighted by atomic mass is 127. The van der Waals surface area contributed by atoms with Crippen LogP contribution >= 0.6 is 34.2 Å². The first-order chi connectivity index (χ1) is 9.10. The Balaban J connectivity index is 2.99. The van der Waals surface area contributed by atoms with Gasteiger partial charge in [0, 0.05) is 15.7 Å². The van der Waals surface area contributed by atoms with Crippen molar-refractivity contribution in [2.45, 2.75) is 20.0 Å². The fraction of sp³-hybridized carbons (Fsp3) is 0.462. The van der Waals surface area contributed by atoms with Crippen molar-refractivity contribution in [2.24, 2.45) is 5.92 Å². The summed E-state index contributed by atoms with van der Waals surface area (Å²) < 4.78 is 38.4. The Kier molecular flexibility index (Phi) is 6.12. The van der Waals surface area contributed by atoms with Crippen molar-refractivity contribution in [2.75, 3.05) is 13.1 Å². The Morgan fingerprint density at radius 3 is 2.45 bits per heavy atom. The van der Waals surface area contributed by atoms with E-state index in [1.54, 1.807) is 19.9 Å². The summed E-state index contributed by atoms with van der Waals surface area (Å²) in [5.41, 5.74) is 0.167. The Bertz CT molecular complexity index is 491. The average molecular weight is 420 g/mol. The Morgan fingerprint density at radius 2 is 2.00 bits per heavy atom. The van der Waals surface area contributed by atoms with Crippen molar-refractivity contribution in [1.29, 1.82) is 0 Å². The zero-order chi connectivity index (χ0) is 15.5. The SMILES string of the molecule is CC(C)CN(CC(F)(F)F)C(=O)c1ccc(I)c(Cl)c1. The molecule has 0 N–H and O–H groups in total. The van der Waals surface area contributed by atoms with Gasteiger partial charge >= 0.3 is 6.18 Å². The van der Waals surface area contributed by atoms with Crippen LogP contribution in [0.3, 0.4) is 0 Å². The number of benzene rings is 1. The van der Waals surface area contributed by atoms with Crippen molar-refractivity contribution in [1.82, 2.24) is 4.90 Å².